The Hall–Kier alpha value is -0.970. The first-order valence-corrected chi connectivity index (χ1v) is 6.58. The Bertz CT molecular complexity index is 439. The van der Waals surface area contributed by atoms with Crippen LogP contribution >= 0.6 is 15.9 Å². The van der Waals surface area contributed by atoms with Crippen LogP contribution in [0.15, 0.2) is 22.7 Å². The standard InChI is InChI=1S/C13H13BrF2O2/c14-10-5-9(8-17)6-12(7-10)18-11-1-3-13(15,16)4-2-11/h5-8,11H,1-4H2. The molecule has 0 aromatic heterocycles. The van der Waals surface area contributed by atoms with E-state index in [0.717, 1.165) is 10.8 Å². The van der Waals surface area contributed by atoms with Gasteiger partial charge in [0.1, 0.15) is 12.0 Å². The lowest BCUT2D eigenvalue weighted by molar-refractivity contribution is -0.0582. The maximum absolute atomic E-state index is 13.0. The molecule has 2 rings (SSSR count). The van der Waals surface area contributed by atoms with Crippen molar-refractivity contribution in [2.45, 2.75) is 37.7 Å². The summed E-state index contributed by atoms with van der Waals surface area (Å²) < 4.78 is 32.4. The predicted octanol–water partition coefficient (Wildman–Crippen LogP) is 4.22. The summed E-state index contributed by atoms with van der Waals surface area (Å²) in [4.78, 5) is 10.7. The fraction of sp³-hybridized carbons (Fsp3) is 0.462. The molecule has 0 amide bonds. The first-order valence-electron chi connectivity index (χ1n) is 5.79. The average molecular weight is 319 g/mol. The fourth-order valence-electron chi connectivity index (χ4n) is 2.04. The number of alkyl halides is 2. The Morgan fingerprint density at radius 1 is 1.28 bits per heavy atom. The highest BCUT2D eigenvalue weighted by Gasteiger charge is 2.35. The van der Waals surface area contributed by atoms with Crippen LogP contribution in [0, 0.1) is 0 Å². The molecule has 2 nitrogen and oxygen atoms in total. The molecule has 0 saturated heterocycles. The molecule has 18 heavy (non-hydrogen) atoms. The predicted molar refractivity (Wildman–Crippen MR) is 67.4 cm³/mol. The Morgan fingerprint density at radius 2 is 1.94 bits per heavy atom. The molecule has 0 N–H and O–H groups in total. The van der Waals surface area contributed by atoms with Gasteiger partial charge in [-0.3, -0.25) is 4.79 Å². The number of benzene rings is 1. The molecule has 0 atom stereocenters. The van der Waals surface area contributed by atoms with E-state index in [1.165, 1.54) is 0 Å². The summed E-state index contributed by atoms with van der Waals surface area (Å²) in [5.74, 6) is -2.01. The second kappa shape index (κ2) is 5.34. The topological polar surface area (TPSA) is 26.3 Å². The second-order valence-electron chi connectivity index (χ2n) is 4.51. The van der Waals surface area contributed by atoms with Crippen LogP contribution in [0.25, 0.3) is 0 Å². The fourth-order valence-corrected chi connectivity index (χ4v) is 2.53. The van der Waals surface area contributed by atoms with Gasteiger partial charge in [-0.2, -0.15) is 0 Å². The maximum Gasteiger partial charge on any atom is 0.248 e. The molecule has 0 radical (unpaired) electrons. The van der Waals surface area contributed by atoms with Crippen molar-refractivity contribution in [2.24, 2.45) is 0 Å². The molecule has 0 spiro atoms. The summed E-state index contributed by atoms with van der Waals surface area (Å²) in [7, 11) is 0. The van der Waals surface area contributed by atoms with Gasteiger partial charge >= 0.3 is 0 Å². The molecule has 1 aliphatic carbocycles. The second-order valence-corrected chi connectivity index (χ2v) is 5.43. The summed E-state index contributed by atoms with van der Waals surface area (Å²) in [6.45, 7) is 0. The molecule has 1 saturated carbocycles. The van der Waals surface area contributed by atoms with Crippen LogP contribution in [0.2, 0.25) is 0 Å². The smallest absolute Gasteiger partial charge is 0.248 e. The van der Waals surface area contributed by atoms with Crippen LogP contribution in [-0.2, 0) is 0 Å². The highest BCUT2D eigenvalue weighted by Crippen LogP contribution is 2.35. The van der Waals surface area contributed by atoms with Crippen LogP contribution in [0.4, 0.5) is 8.78 Å². The van der Waals surface area contributed by atoms with Gasteiger partial charge in [0.15, 0.2) is 0 Å². The van der Waals surface area contributed by atoms with Crippen LogP contribution in [0.1, 0.15) is 36.0 Å². The number of carbonyl (C=O) groups excluding carboxylic acids is 1. The van der Waals surface area contributed by atoms with Crippen LogP contribution < -0.4 is 4.74 Å². The number of aldehydes is 1. The molecular formula is C13H13BrF2O2. The lowest BCUT2D eigenvalue weighted by Gasteiger charge is -2.28. The first kappa shape index (κ1) is 13.5. The Balaban J connectivity index is 2.02. The van der Waals surface area contributed by atoms with Gasteiger partial charge in [0.25, 0.3) is 0 Å². The monoisotopic (exact) mass is 318 g/mol. The van der Waals surface area contributed by atoms with E-state index >= 15 is 0 Å². The number of carbonyl (C=O) groups is 1. The van der Waals surface area contributed by atoms with Crippen molar-refractivity contribution in [3.8, 4) is 5.75 Å². The third-order valence-corrected chi connectivity index (χ3v) is 3.45. The summed E-state index contributed by atoms with van der Waals surface area (Å²) in [5, 5.41) is 0. The summed E-state index contributed by atoms with van der Waals surface area (Å²) in [6.07, 6.45) is 0.954. The Labute approximate surface area is 112 Å². The van der Waals surface area contributed by atoms with Gasteiger partial charge in [-0.25, -0.2) is 8.78 Å². The van der Waals surface area contributed by atoms with Gasteiger partial charge in [-0.05, 0) is 31.0 Å². The molecule has 1 aromatic carbocycles. The van der Waals surface area contributed by atoms with Crippen molar-refractivity contribution in [1.82, 2.24) is 0 Å². The van der Waals surface area contributed by atoms with E-state index in [1.807, 2.05) is 0 Å². The van der Waals surface area contributed by atoms with Gasteiger partial charge in [0.2, 0.25) is 5.92 Å². The molecular weight excluding hydrogens is 306 g/mol. The van der Waals surface area contributed by atoms with E-state index < -0.39 is 5.92 Å². The van der Waals surface area contributed by atoms with E-state index in [2.05, 4.69) is 15.9 Å². The first-order chi connectivity index (χ1) is 8.48. The van der Waals surface area contributed by atoms with E-state index in [4.69, 9.17) is 4.74 Å². The molecule has 0 bridgehead atoms. The summed E-state index contributed by atoms with van der Waals surface area (Å²) in [5.41, 5.74) is 0.500. The van der Waals surface area contributed by atoms with E-state index in [-0.39, 0.29) is 18.9 Å². The lowest BCUT2D eigenvalue weighted by atomic mass is 9.94. The molecule has 1 fully saturated rings. The number of hydrogen-bond donors (Lipinski definition) is 0. The van der Waals surface area contributed by atoms with Gasteiger partial charge in [-0.15, -0.1) is 0 Å². The van der Waals surface area contributed by atoms with Crippen molar-refractivity contribution >= 4 is 22.2 Å². The summed E-state index contributed by atoms with van der Waals surface area (Å²) in [6, 6.07) is 5.03. The van der Waals surface area contributed by atoms with Crippen molar-refractivity contribution in [3.63, 3.8) is 0 Å². The van der Waals surface area contributed by atoms with Crippen LogP contribution in [-0.4, -0.2) is 18.3 Å². The molecule has 5 heteroatoms. The normalized spacial score (nSPS) is 19.5. The van der Waals surface area contributed by atoms with Crippen molar-refractivity contribution in [3.05, 3.63) is 28.2 Å². The van der Waals surface area contributed by atoms with Gasteiger partial charge in [-0.1, -0.05) is 15.9 Å². The number of hydrogen-bond acceptors (Lipinski definition) is 2. The molecule has 0 aliphatic heterocycles. The Kier molecular flexibility index (Phi) is 4.00. The third kappa shape index (κ3) is 3.51. The van der Waals surface area contributed by atoms with E-state index in [0.29, 0.717) is 24.2 Å². The highest BCUT2D eigenvalue weighted by atomic mass is 79.9. The summed E-state index contributed by atoms with van der Waals surface area (Å²) >= 11 is 3.28. The van der Waals surface area contributed by atoms with Gasteiger partial charge < -0.3 is 4.74 Å². The minimum absolute atomic E-state index is 0.133. The average Bonchev–Trinajstić information content (AvgIpc) is 2.31. The number of rotatable bonds is 3. The number of halogens is 3. The van der Waals surface area contributed by atoms with Gasteiger partial charge in [0.05, 0.1) is 6.10 Å². The number of ether oxygens (including phenoxy) is 1. The zero-order valence-electron chi connectivity index (χ0n) is 9.67. The minimum Gasteiger partial charge on any atom is -0.490 e. The molecule has 1 aliphatic rings. The zero-order valence-corrected chi connectivity index (χ0v) is 11.3. The maximum atomic E-state index is 13.0. The van der Waals surface area contributed by atoms with Crippen molar-refractivity contribution in [1.29, 1.82) is 0 Å². The third-order valence-electron chi connectivity index (χ3n) is 3.00. The van der Waals surface area contributed by atoms with Crippen LogP contribution in [0.3, 0.4) is 0 Å². The lowest BCUT2D eigenvalue weighted by Crippen LogP contribution is -2.30. The van der Waals surface area contributed by atoms with Crippen molar-refractivity contribution < 1.29 is 18.3 Å². The van der Waals surface area contributed by atoms with Crippen molar-refractivity contribution in [2.75, 3.05) is 0 Å². The zero-order chi connectivity index (χ0) is 13.2. The molecule has 0 heterocycles. The molecule has 98 valence electrons. The van der Waals surface area contributed by atoms with E-state index in [1.54, 1.807) is 18.2 Å². The SMILES string of the molecule is O=Cc1cc(Br)cc(OC2CCC(F)(F)CC2)c1. The highest BCUT2D eigenvalue weighted by molar-refractivity contribution is 9.10. The Morgan fingerprint density at radius 3 is 2.56 bits per heavy atom. The molecule has 1 aromatic rings. The largest absolute Gasteiger partial charge is 0.490 e. The quantitative estimate of drug-likeness (QED) is 0.780. The van der Waals surface area contributed by atoms with E-state index in [9.17, 15) is 13.6 Å². The molecule has 0 unspecified atom stereocenters. The van der Waals surface area contributed by atoms with Gasteiger partial charge in [0, 0.05) is 22.9 Å². The van der Waals surface area contributed by atoms with Crippen LogP contribution in [0.5, 0.6) is 5.75 Å². The minimum atomic E-state index is -2.55.